The molecule has 2 bridgehead atoms. The Morgan fingerprint density at radius 1 is 1.02 bits per heavy atom. The van der Waals surface area contributed by atoms with E-state index in [-0.39, 0.29) is 29.8 Å². The summed E-state index contributed by atoms with van der Waals surface area (Å²) in [5.74, 6) is -5.01. The number of amides is 2. The molecule has 0 aliphatic carbocycles. The molecular weight excluding hydrogens is 596 g/mol. The van der Waals surface area contributed by atoms with Gasteiger partial charge in [-0.15, -0.1) is 0 Å². The van der Waals surface area contributed by atoms with Crippen LogP contribution in [0.2, 0.25) is 0 Å². The van der Waals surface area contributed by atoms with Crippen molar-refractivity contribution in [1.82, 2.24) is 10.2 Å². The number of rotatable bonds is 8. The molecule has 4 atom stereocenters. The van der Waals surface area contributed by atoms with Crippen LogP contribution in [-0.2, 0) is 15.5 Å². The summed E-state index contributed by atoms with van der Waals surface area (Å²) in [4.78, 5) is 28.6. The van der Waals surface area contributed by atoms with Gasteiger partial charge in [0.15, 0.2) is 12.1 Å². The first-order valence-corrected chi connectivity index (χ1v) is 14.6. The number of halogens is 3. The van der Waals surface area contributed by atoms with E-state index < -0.39 is 35.4 Å². The number of aliphatic hydroxyl groups excluding tert-OH is 1. The zero-order valence-electron chi connectivity index (χ0n) is 22.9. The normalized spacial score (nSPS) is 22.0. The Balaban J connectivity index is 1.42. The molecule has 0 spiro atoms. The summed E-state index contributed by atoms with van der Waals surface area (Å²) < 4.78 is 38.5. The minimum atomic E-state index is -3.75. The number of alkyl halides is 2. The van der Waals surface area contributed by atoms with Crippen molar-refractivity contribution in [3.63, 3.8) is 0 Å². The summed E-state index contributed by atoms with van der Waals surface area (Å²) in [5.41, 5.74) is 5.94. The second kappa shape index (κ2) is 11.7. The molecule has 3 aromatic carbocycles. The van der Waals surface area contributed by atoms with E-state index in [4.69, 9.17) is 10.5 Å². The van der Waals surface area contributed by atoms with Crippen molar-refractivity contribution < 1.29 is 28.2 Å². The van der Waals surface area contributed by atoms with Crippen molar-refractivity contribution in [2.24, 2.45) is 5.73 Å². The summed E-state index contributed by atoms with van der Waals surface area (Å²) in [5, 5.41) is 14.8. The third kappa shape index (κ3) is 6.10. The predicted molar refractivity (Wildman–Crippen MR) is 156 cm³/mol. The first-order chi connectivity index (χ1) is 19.4. The molecule has 10 heteroatoms. The van der Waals surface area contributed by atoms with E-state index in [1.165, 1.54) is 29.2 Å². The molecule has 218 valence electrons. The van der Waals surface area contributed by atoms with Crippen LogP contribution in [0.3, 0.4) is 0 Å². The fourth-order valence-corrected chi connectivity index (χ4v) is 6.27. The smallest absolute Gasteiger partial charge is 0.302 e. The first kappa shape index (κ1) is 29.4. The van der Waals surface area contributed by atoms with Crippen LogP contribution in [0.4, 0.5) is 8.78 Å². The monoisotopic (exact) mass is 629 g/mol. The lowest BCUT2D eigenvalue weighted by molar-refractivity contribution is -0.155. The number of nitrogens with zero attached hydrogens (tertiary/aromatic N) is 1. The van der Waals surface area contributed by atoms with Gasteiger partial charge >= 0.3 is 5.92 Å². The number of benzene rings is 3. The molecule has 2 aliphatic rings. The van der Waals surface area contributed by atoms with Gasteiger partial charge in [0.2, 0.25) is 0 Å². The highest BCUT2D eigenvalue weighted by Crippen LogP contribution is 2.40. The Morgan fingerprint density at radius 2 is 1.63 bits per heavy atom. The maximum absolute atomic E-state index is 16.1. The third-order valence-electron chi connectivity index (χ3n) is 7.92. The standard InChI is InChI=1S/C31H34BrF2N3O4/c1-17(2)41-26-12-5-18-13-20(4-3-19(18)14-26)27(38)29(39)36-28(31(33,34)21-6-8-22(32)9-7-21)30(40)37-24-10-11-25(37)16-23(35)15-24/h3-9,12-14,17,23-25,27-28,38H,10-11,15-16,35H2,1-2H3,(H,36,39)/t23?,24?,25?,27-,28+/m0/s1. The van der Waals surface area contributed by atoms with Crippen LogP contribution in [0.5, 0.6) is 5.75 Å². The van der Waals surface area contributed by atoms with Crippen molar-refractivity contribution in [2.45, 2.75) is 81.8 Å². The van der Waals surface area contributed by atoms with Gasteiger partial charge in [-0.2, -0.15) is 8.78 Å². The summed E-state index contributed by atoms with van der Waals surface area (Å²) in [6.45, 7) is 3.84. The lowest BCUT2D eigenvalue weighted by Crippen LogP contribution is -2.61. The molecule has 2 saturated heterocycles. The van der Waals surface area contributed by atoms with E-state index in [0.717, 1.165) is 10.8 Å². The number of nitrogens with one attached hydrogen (secondary N) is 1. The minimum absolute atomic E-state index is 0.000277. The quantitative estimate of drug-likeness (QED) is 0.318. The summed E-state index contributed by atoms with van der Waals surface area (Å²) in [7, 11) is 0. The lowest BCUT2D eigenvalue weighted by atomic mass is 9.94. The van der Waals surface area contributed by atoms with Gasteiger partial charge in [-0.3, -0.25) is 9.59 Å². The molecule has 4 N–H and O–H groups in total. The highest BCUT2D eigenvalue weighted by atomic mass is 79.9. The first-order valence-electron chi connectivity index (χ1n) is 13.8. The molecule has 0 saturated carbocycles. The van der Waals surface area contributed by atoms with Crippen molar-refractivity contribution >= 4 is 38.5 Å². The number of carbonyl (C=O) groups excluding carboxylic acids is 2. The van der Waals surface area contributed by atoms with Gasteiger partial charge in [-0.25, -0.2) is 0 Å². The maximum Gasteiger partial charge on any atom is 0.302 e. The highest BCUT2D eigenvalue weighted by Gasteiger charge is 2.53. The SMILES string of the molecule is CC(C)Oc1ccc2cc([C@H](O)C(=O)N[C@H](C(=O)N3C4CCC3CC(N)C4)C(F)(F)c3ccc(Br)cc3)ccc2c1. The molecule has 0 aromatic heterocycles. The molecular formula is C31H34BrF2N3O4. The van der Waals surface area contributed by atoms with Crippen LogP contribution in [0.1, 0.15) is 56.8 Å². The number of hydrogen-bond acceptors (Lipinski definition) is 5. The average molecular weight is 631 g/mol. The fourth-order valence-electron chi connectivity index (χ4n) is 6.00. The number of carbonyl (C=O) groups is 2. The molecule has 5 rings (SSSR count). The Hall–Kier alpha value is -3.08. The molecule has 2 fully saturated rings. The topological polar surface area (TPSA) is 105 Å². The van der Waals surface area contributed by atoms with Crippen molar-refractivity contribution in [3.8, 4) is 5.75 Å². The van der Waals surface area contributed by atoms with Gasteiger partial charge in [0.25, 0.3) is 11.8 Å². The Kier molecular flexibility index (Phi) is 8.36. The van der Waals surface area contributed by atoms with Crippen LogP contribution < -0.4 is 15.8 Å². The zero-order chi connectivity index (χ0) is 29.5. The second-order valence-electron chi connectivity index (χ2n) is 11.3. The van der Waals surface area contributed by atoms with Crippen LogP contribution in [0, 0.1) is 0 Å². The molecule has 0 radical (unpaired) electrons. The number of hydrogen-bond donors (Lipinski definition) is 3. The number of nitrogens with two attached hydrogens (primary N) is 1. The van der Waals surface area contributed by atoms with Gasteiger partial charge in [0.05, 0.1) is 6.10 Å². The van der Waals surface area contributed by atoms with E-state index in [9.17, 15) is 14.7 Å². The molecule has 2 aliphatic heterocycles. The Bertz CT molecular complexity index is 1420. The summed E-state index contributed by atoms with van der Waals surface area (Å²) in [6.07, 6.45) is 0.636. The third-order valence-corrected chi connectivity index (χ3v) is 8.45. The van der Waals surface area contributed by atoms with E-state index in [1.807, 2.05) is 19.9 Å². The number of ether oxygens (including phenoxy) is 1. The largest absolute Gasteiger partial charge is 0.491 e. The molecule has 2 unspecified atom stereocenters. The van der Waals surface area contributed by atoms with E-state index in [1.54, 1.807) is 30.3 Å². The maximum atomic E-state index is 16.1. The minimum Gasteiger partial charge on any atom is -0.491 e. The van der Waals surface area contributed by atoms with Crippen LogP contribution in [0.25, 0.3) is 10.8 Å². The zero-order valence-corrected chi connectivity index (χ0v) is 24.5. The molecule has 2 heterocycles. The number of piperidine rings is 1. The lowest BCUT2D eigenvalue weighted by Gasteiger charge is -2.41. The van der Waals surface area contributed by atoms with Gasteiger partial charge in [0.1, 0.15) is 5.75 Å². The van der Waals surface area contributed by atoms with Crippen LogP contribution in [0.15, 0.2) is 65.1 Å². The van der Waals surface area contributed by atoms with Gasteiger partial charge < -0.3 is 25.8 Å². The van der Waals surface area contributed by atoms with Gasteiger partial charge in [-0.1, -0.05) is 46.3 Å². The molecule has 7 nitrogen and oxygen atoms in total. The molecule has 41 heavy (non-hydrogen) atoms. The Labute approximate surface area is 246 Å². The van der Waals surface area contributed by atoms with Crippen LogP contribution in [-0.4, -0.2) is 52.1 Å². The predicted octanol–water partition coefficient (Wildman–Crippen LogP) is 5.18. The van der Waals surface area contributed by atoms with Crippen molar-refractivity contribution in [2.75, 3.05) is 0 Å². The van der Waals surface area contributed by atoms with Crippen molar-refractivity contribution in [3.05, 3.63) is 76.3 Å². The number of fused-ring (bicyclic) bond motifs is 3. The van der Waals surface area contributed by atoms with Gasteiger partial charge in [0, 0.05) is 28.2 Å². The highest BCUT2D eigenvalue weighted by molar-refractivity contribution is 9.10. The van der Waals surface area contributed by atoms with E-state index in [2.05, 4.69) is 21.2 Å². The summed E-state index contributed by atoms with van der Waals surface area (Å²) in [6, 6.07) is 12.8. The van der Waals surface area contributed by atoms with E-state index in [0.29, 0.717) is 35.9 Å². The second-order valence-corrected chi connectivity index (χ2v) is 12.2. The number of aliphatic hydroxyl groups is 1. The Morgan fingerprint density at radius 3 is 2.27 bits per heavy atom. The van der Waals surface area contributed by atoms with Crippen LogP contribution >= 0.6 is 15.9 Å². The summed E-state index contributed by atoms with van der Waals surface area (Å²) >= 11 is 3.25. The van der Waals surface area contributed by atoms with E-state index >= 15 is 8.78 Å². The van der Waals surface area contributed by atoms with Crippen molar-refractivity contribution in [1.29, 1.82) is 0 Å². The molecule has 2 amide bonds. The fraction of sp³-hybridized carbons (Fsp3) is 0.419. The molecule has 3 aromatic rings. The van der Waals surface area contributed by atoms with Gasteiger partial charge in [-0.05, 0) is 86.2 Å². The average Bonchev–Trinajstić information content (AvgIpc) is 3.20.